The molecule has 1 aromatic heterocycles. The number of imidazole rings is 1. The smallest absolute Gasteiger partial charge is 0.242 e. The summed E-state index contributed by atoms with van der Waals surface area (Å²) in [4.78, 5) is 19.6. The van der Waals surface area contributed by atoms with E-state index in [9.17, 15) is 13.2 Å². The van der Waals surface area contributed by atoms with Gasteiger partial charge in [-0.2, -0.15) is 0 Å². The molecule has 1 amide bonds. The Hall–Kier alpha value is -1.93. The quantitative estimate of drug-likeness (QED) is 0.739. The molecular formula is C20H30N4O3S. The SMILES string of the molecule is CCC1CCCCN1C(=O)CCc1nc2cc(S(=O)(=O)N(C)C)ccc2n1C. The predicted molar refractivity (Wildman–Crippen MR) is 110 cm³/mol. The molecule has 0 spiro atoms. The number of carbonyl (C=O) groups excluding carboxylic acids is 1. The van der Waals surface area contributed by atoms with Gasteiger partial charge in [0.1, 0.15) is 5.82 Å². The normalized spacial score (nSPS) is 18.2. The molecule has 28 heavy (non-hydrogen) atoms. The Morgan fingerprint density at radius 2 is 2.04 bits per heavy atom. The molecule has 2 heterocycles. The van der Waals surface area contributed by atoms with Gasteiger partial charge >= 0.3 is 0 Å². The average molecular weight is 407 g/mol. The van der Waals surface area contributed by atoms with Crippen molar-refractivity contribution in [3.8, 4) is 0 Å². The number of nitrogens with zero attached hydrogens (tertiary/aromatic N) is 4. The van der Waals surface area contributed by atoms with E-state index in [0.717, 1.165) is 37.1 Å². The van der Waals surface area contributed by atoms with Crippen molar-refractivity contribution in [2.45, 2.75) is 56.4 Å². The minimum Gasteiger partial charge on any atom is -0.340 e. The molecule has 1 aromatic carbocycles. The van der Waals surface area contributed by atoms with Crippen LogP contribution in [0.4, 0.5) is 0 Å². The number of hydrogen-bond acceptors (Lipinski definition) is 4. The third kappa shape index (κ3) is 3.93. The molecule has 2 aromatic rings. The molecule has 0 N–H and O–H groups in total. The maximum Gasteiger partial charge on any atom is 0.242 e. The Bertz CT molecular complexity index is 965. The number of hydrogen-bond donors (Lipinski definition) is 0. The summed E-state index contributed by atoms with van der Waals surface area (Å²) in [5, 5.41) is 0. The summed E-state index contributed by atoms with van der Waals surface area (Å²) in [6.45, 7) is 2.99. The Balaban J connectivity index is 1.78. The summed E-state index contributed by atoms with van der Waals surface area (Å²) in [5.74, 6) is 0.988. The van der Waals surface area contributed by atoms with Crippen molar-refractivity contribution < 1.29 is 13.2 Å². The van der Waals surface area contributed by atoms with Gasteiger partial charge in [0.05, 0.1) is 15.9 Å². The van der Waals surface area contributed by atoms with Crippen molar-refractivity contribution in [2.75, 3.05) is 20.6 Å². The molecule has 1 aliphatic heterocycles. The van der Waals surface area contributed by atoms with E-state index in [2.05, 4.69) is 11.9 Å². The molecule has 1 saturated heterocycles. The zero-order valence-electron chi connectivity index (χ0n) is 17.2. The fourth-order valence-corrected chi connectivity index (χ4v) is 4.86. The molecule has 0 bridgehead atoms. The van der Waals surface area contributed by atoms with Crippen LogP contribution in [0.2, 0.25) is 0 Å². The van der Waals surface area contributed by atoms with E-state index in [4.69, 9.17) is 0 Å². The van der Waals surface area contributed by atoms with Gasteiger partial charge in [0.15, 0.2) is 0 Å². The Labute approximate surface area is 167 Å². The molecule has 0 aliphatic carbocycles. The number of fused-ring (bicyclic) bond motifs is 1. The fraction of sp³-hybridized carbons (Fsp3) is 0.600. The van der Waals surface area contributed by atoms with Gasteiger partial charge in [0.25, 0.3) is 0 Å². The molecule has 1 aliphatic rings. The van der Waals surface area contributed by atoms with Crippen LogP contribution in [0, 0.1) is 0 Å². The number of aryl methyl sites for hydroxylation is 2. The van der Waals surface area contributed by atoms with Crippen molar-refractivity contribution in [1.82, 2.24) is 18.8 Å². The van der Waals surface area contributed by atoms with Gasteiger partial charge in [0.2, 0.25) is 15.9 Å². The number of amides is 1. The van der Waals surface area contributed by atoms with Crippen molar-refractivity contribution in [2.24, 2.45) is 7.05 Å². The third-order valence-electron chi connectivity index (χ3n) is 5.70. The number of piperidine rings is 1. The van der Waals surface area contributed by atoms with Crippen LogP contribution in [0.15, 0.2) is 23.1 Å². The topological polar surface area (TPSA) is 75.5 Å². The van der Waals surface area contributed by atoms with E-state index in [1.54, 1.807) is 18.2 Å². The standard InChI is InChI=1S/C20H30N4O3S/c1-5-15-8-6-7-13-24(15)20(25)12-11-19-21-17-14-16(28(26,27)22(2)3)9-10-18(17)23(19)4/h9-10,14-15H,5-8,11-13H2,1-4H3. The monoisotopic (exact) mass is 406 g/mol. The van der Waals surface area contributed by atoms with Crippen LogP contribution in [-0.2, 0) is 28.3 Å². The highest BCUT2D eigenvalue weighted by atomic mass is 32.2. The van der Waals surface area contributed by atoms with Crippen LogP contribution in [0.5, 0.6) is 0 Å². The van der Waals surface area contributed by atoms with Crippen LogP contribution in [0.25, 0.3) is 11.0 Å². The van der Waals surface area contributed by atoms with Gasteiger partial charge in [-0.3, -0.25) is 4.79 Å². The molecular weight excluding hydrogens is 376 g/mol. The van der Waals surface area contributed by atoms with Crippen molar-refractivity contribution >= 4 is 27.0 Å². The van der Waals surface area contributed by atoms with Gasteiger partial charge in [-0.15, -0.1) is 0 Å². The lowest BCUT2D eigenvalue weighted by Crippen LogP contribution is -2.43. The fourth-order valence-electron chi connectivity index (χ4n) is 3.94. The number of rotatable bonds is 6. The second-order valence-electron chi connectivity index (χ2n) is 7.67. The first-order chi connectivity index (χ1) is 13.3. The average Bonchev–Trinajstić information content (AvgIpc) is 3.01. The summed E-state index contributed by atoms with van der Waals surface area (Å²) in [6, 6.07) is 5.35. The minimum atomic E-state index is -3.50. The molecule has 1 fully saturated rings. The second-order valence-corrected chi connectivity index (χ2v) is 9.82. The molecule has 8 heteroatoms. The molecule has 154 valence electrons. The summed E-state index contributed by atoms with van der Waals surface area (Å²) >= 11 is 0. The summed E-state index contributed by atoms with van der Waals surface area (Å²) < 4.78 is 27.9. The lowest BCUT2D eigenvalue weighted by Gasteiger charge is -2.35. The second kappa shape index (κ2) is 8.21. The maximum absolute atomic E-state index is 12.7. The highest BCUT2D eigenvalue weighted by molar-refractivity contribution is 7.89. The highest BCUT2D eigenvalue weighted by Crippen LogP contribution is 2.23. The van der Waals surface area contributed by atoms with Gasteiger partial charge in [-0.05, 0) is 43.9 Å². The van der Waals surface area contributed by atoms with Gasteiger partial charge < -0.3 is 9.47 Å². The molecule has 1 atom stereocenters. The molecule has 0 saturated carbocycles. The summed E-state index contributed by atoms with van der Waals surface area (Å²) in [6.07, 6.45) is 5.35. The third-order valence-corrected chi connectivity index (χ3v) is 7.52. The van der Waals surface area contributed by atoms with Crippen LogP contribution in [-0.4, -0.2) is 59.8 Å². The van der Waals surface area contributed by atoms with Crippen molar-refractivity contribution in [3.05, 3.63) is 24.0 Å². The number of likely N-dealkylation sites (tertiary alicyclic amines) is 1. The minimum absolute atomic E-state index is 0.189. The van der Waals surface area contributed by atoms with Gasteiger partial charge in [0, 0.05) is 46.6 Å². The van der Waals surface area contributed by atoms with E-state index in [-0.39, 0.29) is 10.8 Å². The predicted octanol–water partition coefficient (Wildman–Crippen LogP) is 2.55. The van der Waals surface area contributed by atoms with Gasteiger partial charge in [-0.1, -0.05) is 6.92 Å². The summed E-state index contributed by atoms with van der Waals surface area (Å²) in [7, 11) is 1.44. The zero-order chi connectivity index (χ0) is 20.5. The number of sulfonamides is 1. The molecule has 3 rings (SSSR count). The first-order valence-corrected chi connectivity index (χ1v) is 11.4. The maximum atomic E-state index is 12.7. The van der Waals surface area contributed by atoms with Crippen LogP contribution in [0.1, 0.15) is 44.9 Å². The first-order valence-electron chi connectivity index (χ1n) is 9.93. The van der Waals surface area contributed by atoms with Crippen LogP contribution < -0.4 is 0 Å². The number of benzene rings is 1. The van der Waals surface area contributed by atoms with Gasteiger partial charge in [-0.25, -0.2) is 17.7 Å². The van der Waals surface area contributed by atoms with Crippen molar-refractivity contribution in [1.29, 1.82) is 0 Å². The van der Waals surface area contributed by atoms with Crippen molar-refractivity contribution in [3.63, 3.8) is 0 Å². The first kappa shape index (κ1) is 20.8. The van der Waals surface area contributed by atoms with Crippen LogP contribution >= 0.6 is 0 Å². The largest absolute Gasteiger partial charge is 0.340 e. The number of aromatic nitrogens is 2. The van der Waals surface area contributed by atoms with E-state index in [1.165, 1.54) is 24.8 Å². The highest BCUT2D eigenvalue weighted by Gasteiger charge is 2.25. The number of carbonyl (C=O) groups is 1. The molecule has 7 nitrogen and oxygen atoms in total. The zero-order valence-corrected chi connectivity index (χ0v) is 18.0. The van der Waals surface area contributed by atoms with E-state index < -0.39 is 10.0 Å². The Kier molecular flexibility index (Phi) is 6.09. The summed E-state index contributed by atoms with van der Waals surface area (Å²) in [5.41, 5.74) is 1.50. The lowest BCUT2D eigenvalue weighted by atomic mass is 9.99. The van der Waals surface area contributed by atoms with E-state index in [1.807, 2.05) is 16.5 Å². The molecule has 1 unspecified atom stereocenters. The molecule has 0 radical (unpaired) electrons. The van der Waals surface area contributed by atoms with E-state index >= 15 is 0 Å². The Morgan fingerprint density at radius 3 is 2.71 bits per heavy atom. The Morgan fingerprint density at radius 1 is 1.29 bits per heavy atom. The van der Waals surface area contributed by atoms with E-state index in [0.29, 0.717) is 24.4 Å². The lowest BCUT2D eigenvalue weighted by molar-refractivity contribution is -0.134. The van der Waals surface area contributed by atoms with Crippen LogP contribution in [0.3, 0.4) is 0 Å².